The van der Waals surface area contributed by atoms with Gasteiger partial charge in [-0.25, -0.2) is 9.67 Å². The number of rotatable bonds is 8. The molecular formula is C20H24N8. The quantitative estimate of drug-likeness (QED) is 0.510. The Morgan fingerprint density at radius 3 is 2.54 bits per heavy atom. The van der Waals surface area contributed by atoms with Gasteiger partial charge in [0.05, 0.1) is 12.2 Å². The first-order valence-corrected chi connectivity index (χ1v) is 9.71. The van der Waals surface area contributed by atoms with Gasteiger partial charge in [-0.1, -0.05) is 26.0 Å². The van der Waals surface area contributed by atoms with Crippen molar-refractivity contribution < 1.29 is 0 Å². The summed E-state index contributed by atoms with van der Waals surface area (Å²) in [5, 5.41) is 19.0. The maximum Gasteiger partial charge on any atom is 0.221 e. The molecule has 0 aliphatic rings. The van der Waals surface area contributed by atoms with Crippen LogP contribution in [-0.4, -0.2) is 40.0 Å². The lowest BCUT2D eigenvalue weighted by Crippen LogP contribution is -2.07. The van der Waals surface area contributed by atoms with Gasteiger partial charge in [-0.15, -0.1) is 10.2 Å². The molecule has 4 rings (SSSR count). The zero-order chi connectivity index (χ0) is 19.3. The number of aromatic nitrogens is 8. The van der Waals surface area contributed by atoms with E-state index in [2.05, 4.69) is 58.7 Å². The highest BCUT2D eigenvalue weighted by Gasteiger charge is 2.11. The summed E-state index contributed by atoms with van der Waals surface area (Å²) in [6.07, 6.45) is 6.00. The van der Waals surface area contributed by atoms with E-state index in [1.54, 1.807) is 0 Å². The van der Waals surface area contributed by atoms with Crippen LogP contribution >= 0.6 is 0 Å². The van der Waals surface area contributed by atoms with E-state index in [-0.39, 0.29) is 0 Å². The lowest BCUT2D eigenvalue weighted by atomic mass is 10.2. The molecule has 144 valence electrons. The van der Waals surface area contributed by atoms with Crippen LogP contribution < -0.4 is 0 Å². The van der Waals surface area contributed by atoms with Gasteiger partial charge in [-0.2, -0.15) is 10.3 Å². The van der Waals surface area contributed by atoms with Crippen LogP contribution in [0.1, 0.15) is 43.9 Å². The smallest absolute Gasteiger partial charge is 0.221 e. The molecule has 3 aromatic heterocycles. The Kier molecular flexibility index (Phi) is 5.27. The monoisotopic (exact) mass is 376 g/mol. The maximum atomic E-state index is 4.71. The number of hydrogen-bond donors (Lipinski definition) is 1. The number of aryl methyl sites for hydroxylation is 2. The number of hydrogen-bond acceptors (Lipinski definition) is 5. The molecule has 0 aliphatic heterocycles. The van der Waals surface area contributed by atoms with Crippen LogP contribution in [-0.2, 0) is 19.4 Å². The molecule has 8 nitrogen and oxygen atoms in total. The maximum absolute atomic E-state index is 4.71. The average molecular weight is 376 g/mol. The number of tetrazole rings is 1. The largest absolute Gasteiger partial charge is 0.314 e. The third-order valence-electron chi connectivity index (χ3n) is 4.61. The SMILES string of the molecule is CCCc1nc(CCC)n(Cc2ccc(-n3cccc3-c3nn[nH]n3)cc2)n1. The molecule has 0 bridgehead atoms. The van der Waals surface area contributed by atoms with E-state index in [1.807, 2.05) is 27.6 Å². The van der Waals surface area contributed by atoms with Gasteiger partial charge >= 0.3 is 0 Å². The first-order valence-electron chi connectivity index (χ1n) is 9.71. The summed E-state index contributed by atoms with van der Waals surface area (Å²) in [5.41, 5.74) is 3.14. The topological polar surface area (TPSA) is 90.1 Å². The lowest BCUT2D eigenvalue weighted by Gasteiger charge is -2.09. The van der Waals surface area contributed by atoms with Crippen LogP contribution in [0.15, 0.2) is 42.6 Å². The second-order valence-corrected chi connectivity index (χ2v) is 6.77. The Balaban J connectivity index is 1.56. The highest BCUT2D eigenvalue weighted by Crippen LogP contribution is 2.20. The first kappa shape index (κ1) is 18.1. The molecule has 0 aliphatic carbocycles. The molecule has 0 saturated heterocycles. The molecule has 3 heterocycles. The Morgan fingerprint density at radius 1 is 1.00 bits per heavy atom. The van der Waals surface area contributed by atoms with Crippen LogP contribution in [0.2, 0.25) is 0 Å². The number of H-pyrrole nitrogens is 1. The van der Waals surface area contributed by atoms with Gasteiger partial charge in [-0.05, 0) is 47.9 Å². The zero-order valence-electron chi connectivity index (χ0n) is 16.2. The standard InChI is InChI=1S/C20H24N8/c1-3-6-18-21-19(7-4-2)28(24-18)14-15-9-11-16(12-10-15)27-13-5-8-17(27)20-22-25-26-23-20/h5,8-13H,3-4,6-7,14H2,1-2H3,(H,22,23,25,26). The summed E-state index contributed by atoms with van der Waals surface area (Å²) < 4.78 is 4.09. The van der Waals surface area contributed by atoms with Crippen molar-refractivity contribution in [2.75, 3.05) is 0 Å². The van der Waals surface area contributed by atoms with Gasteiger partial charge < -0.3 is 4.57 Å². The summed E-state index contributed by atoms with van der Waals surface area (Å²) in [6, 6.07) is 12.4. The minimum Gasteiger partial charge on any atom is -0.314 e. The highest BCUT2D eigenvalue weighted by molar-refractivity contribution is 5.54. The summed E-state index contributed by atoms with van der Waals surface area (Å²) in [5.74, 6) is 2.59. The van der Waals surface area contributed by atoms with Crippen LogP contribution in [0, 0.1) is 0 Å². The Hall–Kier alpha value is -3.29. The van der Waals surface area contributed by atoms with Gasteiger partial charge in [0.2, 0.25) is 5.82 Å². The minimum absolute atomic E-state index is 0.573. The third kappa shape index (κ3) is 3.71. The number of aromatic amines is 1. The van der Waals surface area contributed by atoms with E-state index in [0.29, 0.717) is 5.82 Å². The van der Waals surface area contributed by atoms with Crippen molar-refractivity contribution in [2.45, 2.75) is 46.1 Å². The predicted octanol–water partition coefficient (Wildman–Crippen LogP) is 3.20. The lowest BCUT2D eigenvalue weighted by molar-refractivity contribution is 0.623. The number of nitrogens with one attached hydrogen (secondary N) is 1. The van der Waals surface area contributed by atoms with Crippen molar-refractivity contribution in [3.63, 3.8) is 0 Å². The molecular weight excluding hydrogens is 352 g/mol. The van der Waals surface area contributed by atoms with Gasteiger partial charge in [0.25, 0.3) is 0 Å². The molecule has 0 saturated carbocycles. The van der Waals surface area contributed by atoms with Crippen LogP contribution in [0.5, 0.6) is 0 Å². The van der Waals surface area contributed by atoms with Gasteiger partial charge in [0.15, 0.2) is 5.82 Å². The summed E-state index contributed by atoms with van der Waals surface area (Å²) in [4.78, 5) is 4.71. The summed E-state index contributed by atoms with van der Waals surface area (Å²) >= 11 is 0. The van der Waals surface area contributed by atoms with Crippen LogP contribution in [0.4, 0.5) is 0 Å². The van der Waals surface area contributed by atoms with Crippen molar-refractivity contribution in [3.05, 3.63) is 59.8 Å². The number of benzene rings is 1. The molecule has 0 amide bonds. The van der Waals surface area contributed by atoms with Crippen molar-refractivity contribution in [3.8, 4) is 17.2 Å². The van der Waals surface area contributed by atoms with Crippen molar-refractivity contribution in [1.82, 2.24) is 40.0 Å². The average Bonchev–Trinajstić information content (AvgIpc) is 3.44. The molecule has 1 aromatic carbocycles. The Morgan fingerprint density at radius 2 is 1.82 bits per heavy atom. The molecule has 0 fully saturated rings. The van der Waals surface area contributed by atoms with Crippen LogP contribution in [0.25, 0.3) is 17.2 Å². The van der Waals surface area contributed by atoms with E-state index in [4.69, 9.17) is 10.1 Å². The molecule has 8 heteroatoms. The Labute approximate surface area is 163 Å². The van der Waals surface area contributed by atoms with E-state index < -0.39 is 0 Å². The molecule has 0 radical (unpaired) electrons. The second-order valence-electron chi connectivity index (χ2n) is 6.77. The second kappa shape index (κ2) is 8.16. The molecule has 1 N–H and O–H groups in total. The first-order chi connectivity index (χ1) is 13.8. The van der Waals surface area contributed by atoms with E-state index in [1.165, 1.54) is 5.56 Å². The third-order valence-corrected chi connectivity index (χ3v) is 4.61. The fraction of sp³-hybridized carbons (Fsp3) is 0.350. The van der Waals surface area contributed by atoms with Crippen molar-refractivity contribution in [2.24, 2.45) is 0 Å². The van der Waals surface area contributed by atoms with Crippen LogP contribution in [0.3, 0.4) is 0 Å². The normalized spacial score (nSPS) is 11.2. The minimum atomic E-state index is 0.573. The fourth-order valence-corrected chi connectivity index (χ4v) is 3.28. The van der Waals surface area contributed by atoms with E-state index in [0.717, 1.165) is 55.3 Å². The van der Waals surface area contributed by atoms with E-state index >= 15 is 0 Å². The van der Waals surface area contributed by atoms with Crippen molar-refractivity contribution in [1.29, 1.82) is 0 Å². The molecule has 4 aromatic rings. The summed E-state index contributed by atoms with van der Waals surface area (Å²) in [6.45, 7) is 5.06. The molecule has 0 unspecified atom stereocenters. The molecule has 28 heavy (non-hydrogen) atoms. The van der Waals surface area contributed by atoms with Gasteiger partial charge in [0, 0.05) is 24.7 Å². The Bertz CT molecular complexity index is 1010. The number of nitrogens with zero attached hydrogens (tertiary/aromatic N) is 7. The predicted molar refractivity (Wildman–Crippen MR) is 106 cm³/mol. The molecule has 0 spiro atoms. The molecule has 0 atom stereocenters. The van der Waals surface area contributed by atoms with E-state index in [9.17, 15) is 0 Å². The summed E-state index contributed by atoms with van der Waals surface area (Å²) in [7, 11) is 0. The highest BCUT2D eigenvalue weighted by atomic mass is 15.5. The van der Waals surface area contributed by atoms with Gasteiger partial charge in [0.1, 0.15) is 5.82 Å². The zero-order valence-corrected chi connectivity index (χ0v) is 16.2. The fourth-order valence-electron chi connectivity index (χ4n) is 3.28. The van der Waals surface area contributed by atoms with Gasteiger partial charge in [-0.3, -0.25) is 0 Å². The van der Waals surface area contributed by atoms with Crippen molar-refractivity contribution >= 4 is 0 Å².